The molecule has 0 unspecified atom stereocenters. The molecule has 0 radical (unpaired) electrons. The molecule has 1 aliphatic heterocycles. The number of benzene rings is 3. The molecule has 0 saturated heterocycles. The van der Waals surface area contributed by atoms with E-state index in [-0.39, 0.29) is 53.0 Å². The number of amides is 7. The Morgan fingerprint density at radius 3 is 1.87 bits per heavy atom. The summed E-state index contributed by atoms with van der Waals surface area (Å²) < 4.78 is 65.6. The predicted octanol–water partition coefficient (Wildman–Crippen LogP) is 5.15. The Labute approximate surface area is 554 Å². The first-order chi connectivity index (χ1) is 43.7. The summed E-state index contributed by atoms with van der Waals surface area (Å²) in [6, 6.07) is 7.99. The number of ether oxygens (including phenoxy) is 6. The Morgan fingerprint density at radius 2 is 1.32 bits per heavy atom. The molecule has 3 aromatic carbocycles. The second kappa shape index (κ2) is 31.2. The number of carbonyl (C=O) groups excluding carboxylic acids is 8. The molecule has 0 fully saturated rings. The van der Waals surface area contributed by atoms with Gasteiger partial charge in [-0.15, -0.1) is 0 Å². The summed E-state index contributed by atoms with van der Waals surface area (Å²) in [6.07, 6.45) is -3.65. The van der Waals surface area contributed by atoms with Gasteiger partial charge in [-0.1, -0.05) is 58.6 Å². The van der Waals surface area contributed by atoms with E-state index in [2.05, 4.69) is 56.0 Å². The summed E-state index contributed by atoms with van der Waals surface area (Å²) in [4.78, 5) is 126. The van der Waals surface area contributed by atoms with Gasteiger partial charge in [-0.2, -0.15) is 22.9 Å². The predicted molar refractivity (Wildman–Crippen MR) is 353 cm³/mol. The molecule has 29 nitrogen and oxygen atoms in total. The number of fused-ring (bicyclic) bond motifs is 5. The number of likely N-dealkylation sites (N-methyl/N-ethyl adjacent to an activating group) is 1. The van der Waals surface area contributed by atoms with E-state index in [1.807, 2.05) is 32.9 Å². The van der Waals surface area contributed by atoms with E-state index in [1.54, 1.807) is 64.5 Å². The number of nitrogens with one attached hydrogen (secondary N) is 7. The number of aliphatic hydroxyl groups is 1. The Bertz CT molecular complexity index is 3640. The molecule has 4 bridgehead atoms. The van der Waals surface area contributed by atoms with E-state index in [0.717, 1.165) is 47.6 Å². The first kappa shape index (κ1) is 76.9. The highest BCUT2D eigenvalue weighted by Crippen LogP contribution is 2.45. The van der Waals surface area contributed by atoms with Crippen LogP contribution in [0.4, 0.5) is 14.4 Å². The SMILES string of the molecule is COC(=O)[C@@H]1Cc2ccc(OC[C@@H](CNC(=O)OC(C)(C)C)[Si](C)(C)C)c(c2)-c2cc(cc(OC[C@H](O)CNC(=O)OC(C)(C)C)c2O)[C@H](N(C)C(=O)[C@H](CNS(=O)(=O)NC(=O)OC(C)(C)C)NC(=O)c2cnn(-c3ccc(C(C)(C)C)cc3)c(=O)c2)C(=O)N[C@@H](C)C(=O)N1. The summed E-state index contributed by atoms with van der Waals surface area (Å²) >= 11 is 0. The van der Waals surface area contributed by atoms with Gasteiger partial charge in [0.15, 0.2) is 11.5 Å². The van der Waals surface area contributed by atoms with Crippen LogP contribution in [-0.4, -0.2) is 177 Å². The van der Waals surface area contributed by atoms with Crippen molar-refractivity contribution >= 4 is 66.2 Å². The van der Waals surface area contributed by atoms with Gasteiger partial charge >= 0.3 is 34.5 Å². The number of rotatable bonds is 21. The highest BCUT2D eigenvalue weighted by atomic mass is 32.2. The Hall–Kier alpha value is -8.81. The molecule has 4 aromatic rings. The number of aromatic nitrogens is 2. The molecule has 1 aromatic heterocycles. The summed E-state index contributed by atoms with van der Waals surface area (Å²) in [5, 5.41) is 40.8. The molecular weight excluding hydrogens is 1270 g/mol. The van der Waals surface area contributed by atoms with Gasteiger partial charge in [0.25, 0.3) is 11.5 Å². The van der Waals surface area contributed by atoms with E-state index in [9.17, 15) is 52.2 Å². The zero-order valence-corrected chi connectivity index (χ0v) is 59.0. The van der Waals surface area contributed by atoms with E-state index < -0.39 is 156 Å². The zero-order chi connectivity index (χ0) is 71.5. The fourth-order valence-electron chi connectivity index (χ4n) is 9.29. The fraction of sp³-hybridized carbons (Fsp3) is 0.531. The maximum Gasteiger partial charge on any atom is 0.422 e. The molecule has 1 aliphatic rings. The average molecular weight is 1370 g/mol. The summed E-state index contributed by atoms with van der Waals surface area (Å²) in [5.74, 6) is -6.34. The lowest BCUT2D eigenvalue weighted by molar-refractivity contribution is -0.145. The van der Waals surface area contributed by atoms with Gasteiger partial charge in [0.2, 0.25) is 17.7 Å². The smallest absolute Gasteiger partial charge is 0.422 e. The van der Waals surface area contributed by atoms with Gasteiger partial charge in [0.05, 0.1) is 45.8 Å². The van der Waals surface area contributed by atoms with Crippen LogP contribution in [0, 0.1) is 0 Å². The standard InChI is InChI=1S/C64H92N10O19SSi/c1-36-53(78)70-46(57(82)88-15)26-37-19-24-48(90-35-43(95(16,17)18)32-66-59(84)92-63(8,9)10)44(25-37)45-27-38(28-49(52(45)77)89-34-42(75)31-65-58(83)91-62(5,6)7)51(55(80)69-36)73(14)56(81)47(33-68-94(86,87)72-60(85)93-64(11,12)13)71-54(79)39-29-50(76)74(67-30-39)41-22-20-40(21-23-41)61(2,3)4/h19-25,27-30,36,42-43,46-47,51,68,75,77H,26,31-35H2,1-18H3,(H,65,83)(H,66,84)(H,69,80)(H,70,78)(H,71,79)(H,72,85)/t36-,42+,43+,46-,47-,51-/m0/s1. The monoisotopic (exact) mass is 1360 g/mol. The average Bonchev–Trinajstić information content (AvgIpc) is 0.774. The van der Waals surface area contributed by atoms with Crippen LogP contribution in [0.1, 0.15) is 123 Å². The number of alkyl carbamates (subject to hydrolysis) is 2. The highest BCUT2D eigenvalue weighted by Gasteiger charge is 2.39. The van der Waals surface area contributed by atoms with Crippen LogP contribution in [0.3, 0.4) is 0 Å². The number of methoxy groups -OCH3 is 1. The first-order valence-electron chi connectivity index (χ1n) is 30.6. The van der Waals surface area contributed by atoms with Crippen molar-refractivity contribution in [3.63, 3.8) is 0 Å². The van der Waals surface area contributed by atoms with Crippen molar-refractivity contribution in [3.8, 4) is 34.1 Å². The molecule has 0 saturated carbocycles. The lowest BCUT2D eigenvalue weighted by Gasteiger charge is -2.33. The van der Waals surface area contributed by atoms with Crippen LogP contribution in [0.5, 0.6) is 17.2 Å². The third kappa shape index (κ3) is 23.3. The Morgan fingerprint density at radius 1 is 0.737 bits per heavy atom. The Kier molecular flexibility index (Phi) is 25.2. The quantitative estimate of drug-likeness (QED) is 0.0296. The normalized spacial score (nSPS) is 16.6. The molecular formula is C64H92N10O19SSi. The lowest BCUT2D eigenvalue weighted by atomic mass is 9.87. The summed E-state index contributed by atoms with van der Waals surface area (Å²) in [5.41, 5.74) is -3.23. The third-order valence-corrected chi connectivity index (χ3v) is 18.1. The maximum absolute atomic E-state index is 15.5. The van der Waals surface area contributed by atoms with E-state index in [1.165, 1.54) is 45.9 Å². The van der Waals surface area contributed by atoms with Gasteiger partial charge in [-0.25, -0.2) is 23.9 Å². The minimum absolute atomic E-state index is 0.0374. The largest absolute Gasteiger partial charge is 0.504 e. The molecule has 5 rings (SSSR count). The van der Waals surface area contributed by atoms with Gasteiger partial charge in [-0.3, -0.25) is 24.0 Å². The molecule has 95 heavy (non-hydrogen) atoms. The van der Waals surface area contributed by atoms with Crippen molar-refractivity contribution in [2.24, 2.45) is 0 Å². The maximum atomic E-state index is 15.5. The minimum Gasteiger partial charge on any atom is -0.504 e. The number of aliphatic hydroxyl groups excluding tert-OH is 1. The molecule has 0 aliphatic carbocycles. The van der Waals surface area contributed by atoms with Gasteiger partial charge in [-0.05, 0) is 128 Å². The van der Waals surface area contributed by atoms with Crippen LogP contribution in [0.25, 0.3) is 16.8 Å². The van der Waals surface area contributed by atoms with Crippen LogP contribution < -0.4 is 51.1 Å². The molecule has 0 spiro atoms. The van der Waals surface area contributed by atoms with Crippen molar-refractivity contribution in [1.82, 2.24) is 50.7 Å². The Balaban J connectivity index is 1.74. The van der Waals surface area contributed by atoms with Crippen molar-refractivity contribution in [2.75, 3.05) is 47.0 Å². The number of esters is 1. The van der Waals surface area contributed by atoms with Crippen LogP contribution in [0.15, 0.2) is 71.7 Å². The van der Waals surface area contributed by atoms with Crippen molar-refractivity contribution < 1.29 is 85.4 Å². The van der Waals surface area contributed by atoms with Crippen molar-refractivity contribution in [1.29, 1.82) is 0 Å². The van der Waals surface area contributed by atoms with Crippen molar-refractivity contribution in [2.45, 2.75) is 174 Å². The third-order valence-electron chi connectivity index (χ3n) is 14.3. The molecule has 6 atom stereocenters. The molecule has 2 heterocycles. The lowest BCUT2D eigenvalue weighted by Crippen LogP contribution is -2.57. The summed E-state index contributed by atoms with van der Waals surface area (Å²) in [6.45, 7) is 25.9. The highest BCUT2D eigenvalue weighted by molar-refractivity contribution is 7.88. The second-order valence-corrected chi connectivity index (χ2v) is 35.0. The van der Waals surface area contributed by atoms with E-state index in [4.69, 9.17) is 28.4 Å². The van der Waals surface area contributed by atoms with Crippen LogP contribution in [0.2, 0.25) is 25.2 Å². The molecule has 522 valence electrons. The van der Waals surface area contributed by atoms with Crippen molar-refractivity contribution in [3.05, 3.63) is 99.5 Å². The topological polar surface area (TPSA) is 389 Å². The number of phenols is 1. The number of nitrogens with zero attached hydrogens (tertiary/aromatic N) is 3. The van der Waals surface area contributed by atoms with Gasteiger partial charge in [0.1, 0.15) is 59.4 Å². The number of carbonyl (C=O) groups is 8. The minimum atomic E-state index is -4.95. The molecule has 31 heteroatoms. The zero-order valence-electron chi connectivity index (χ0n) is 57.1. The van der Waals surface area contributed by atoms with Crippen LogP contribution >= 0.6 is 0 Å². The second-order valence-electron chi connectivity index (χ2n) is 28.0. The number of hydrogen-bond acceptors (Lipinski definition) is 20. The number of phenolic OH excluding ortho intramolecular Hbond substituents is 1. The first-order valence-corrected chi connectivity index (χ1v) is 35.6. The van der Waals surface area contributed by atoms with E-state index >= 15 is 9.59 Å². The summed E-state index contributed by atoms with van der Waals surface area (Å²) in [7, 11) is -5.02. The van der Waals surface area contributed by atoms with Gasteiger partial charge < -0.3 is 70.1 Å². The number of hydrogen-bond donors (Lipinski definition) is 9. The molecule has 7 amide bonds. The molecule has 9 N–H and O–H groups in total. The fourth-order valence-corrected chi connectivity index (χ4v) is 11.3. The van der Waals surface area contributed by atoms with E-state index in [0.29, 0.717) is 11.3 Å². The number of aromatic hydroxyl groups is 1. The van der Waals surface area contributed by atoms with Gasteiger partial charge in [0, 0.05) is 49.3 Å². The van der Waals surface area contributed by atoms with Crippen LogP contribution in [-0.2, 0) is 60.2 Å².